The topological polar surface area (TPSA) is 46.3 Å². The van der Waals surface area contributed by atoms with Crippen LogP contribution in [0.2, 0.25) is 0 Å². The summed E-state index contributed by atoms with van der Waals surface area (Å²) < 4.78 is 0. The van der Waals surface area contributed by atoms with E-state index in [1.54, 1.807) is 0 Å². The molecule has 0 atom stereocenters. The Labute approximate surface area is 122 Å². The van der Waals surface area contributed by atoms with Crippen molar-refractivity contribution in [2.75, 3.05) is 6.54 Å². The van der Waals surface area contributed by atoms with Crippen molar-refractivity contribution < 1.29 is 4.79 Å². The summed E-state index contributed by atoms with van der Waals surface area (Å²) in [7, 11) is 0. The molecular formula is C17H26N2O. The van der Waals surface area contributed by atoms with Crippen LogP contribution >= 0.6 is 0 Å². The van der Waals surface area contributed by atoms with Gasteiger partial charge in [-0.15, -0.1) is 0 Å². The van der Waals surface area contributed by atoms with E-state index in [1.807, 2.05) is 31.2 Å². The van der Waals surface area contributed by atoms with Crippen molar-refractivity contribution in [2.45, 2.75) is 58.0 Å². The molecule has 1 aromatic carbocycles. The lowest BCUT2D eigenvalue weighted by Gasteiger charge is -2.36. The van der Waals surface area contributed by atoms with E-state index >= 15 is 0 Å². The van der Waals surface area contributed by atoms with Gasteiger partial charge in [0.15, 0.2) is 0 Å². The Morgan fingerprint density at radius 1 is 1.30 bits per heavy atom. The van der Waals surface area contributed by atoms with Crippen LogP contribution in [0.4, 0.5) is 0 Å². The molecule has 1 aliphatic carbocycles. The maximum absolute atomic E-state index is 12.8. The van der Waals surface area contributed by atoms with Crippen molar-refractivity contribution in [2.24, 2.45) is 5.73 Å². The van der Waals surface area contributed by atoms with E-state index in [1.165, 1.54) is 0 Å². The third-order valence-electron chi connectivity index (χ3n) is 4.17. The molecule has 110 valence electrons. The molecule has 0 unspecified atom stereocenters. The summed E-state index contributed by atoms with van der Waals surface area (Å²) in [5, 5.41) is 0. The highest BCUT2D eigenvalue weighted by Crippen LogP contribution is 2.24. The molecule has 0 aliphatic heterocycles. The highest BCUT2D eigenvalue weighted by atomic mass is 16.2. The maximum Gasteiger partial charge on any atom is 0.254 e. The Balaban J connectivity index is 2.13. The summed E-state index contributed by atoms with van der Waals surface area (Å²) in [5.41, 5.74) is 7.92. The van der Waals surface area contributed by atoms with E-state index in [4.69, 9.17) is 5.73 Å². The molecule has 1 saturated carbocycles. The van der Waals surface area contributed by atoms with Crippen LogP contribution < -0.4 is 5.73 Å². The zero-order valence-electron chi connectivity index (χ0n) is 12.6. The monoisotopic (exact) mass is 274 g/mol. The normalized spacial score (nSPS) is 22.6. The first-order chi connectivity index (χ1) is 9.61. The van der Waals surface area contributed by atoms with Gasteiger partial charge in [-0.1, -0.05) is 24.6 Å². The number of aryl methyl sites for hydroxylation is 1. The standard InChI is InChI=1S/C17H26N2O/c1-3-11-19(16-9-7-15(18)8-10-16)17(20)14-6-4-5-13(2)12-14/h4-6,12,15-16H,3,7-11,18H2,1-2H3. The van der Waals surface area contributed by atoms with E-state index in [0.29, 0.717) is 12.1 Å². The molecule has 1 aromatic rings. The summed E-state index contributed by atoms with van der Waals surface area (Å²) in [6.45, 7) is 5.00. The van der Waals surface area contributed by atoms with Crippen molar-refractivity contribution in [1.82, 2.24) is 4.90 Å². The lowest BCUT2D eigenvalue weighted by atomic mass is 9.90. The molecule has 3 heteroatoms. The maximum atomic E-state index is 12.8. The highest BCUT2D eigenvalue weighted by molar-refractivity contribution is 5.94. The Hall–Kier alpha value is -1.35. The molecule has 1 aliphatic rings. The molecule has 0 heterocycles. The van der Waals surface area contributed by atoms with Crippen molar-refractivity contribution in [3.05, 3.63) is 35.4 Å². The van der Waals surface area contributed by atoms with Crippen LogP contribution in [-0.2, 0) is 0 Å². The van der Waals surface area contributed by atoms with Crippen molar-refractivity contribution in [1.29, 1.82) is 0 Å². The molecule has 1 fully saturated rings. The van der Waals surface area contributed by atoms with E-state index in [0.717, 1.165) is 49.8 Å². The Kier molecular flexibility index (Phi) is 5.18. The van der Waals surface area contributed by atoms with Gasteiger partial charge in [0.05, 0.1) is 0 Å². The largest absolute Gasteiger partial charge is 0.336 e. The van der Waals surface area contributed by atoms with Crippen LogP contribution in [0, 0.1) is 6.92 Å². The van der Waals surface area contributed by atoms with Gasteiger partial charge in [0.1, 0.15) is 0 Å². The molecule has 0 aromatic heterocycles. The molecule has 0 spiro atoms. The quantitative estimate of drug-likeness (QED) is 0.917. The number of hydrogen-bond acceptors (Lipinski definition) is 2. The van der Waals surface area contributed by atoms with Crippen molar-refractivity contribution in [3.8, 4) is 0 Å². The number of amides is 1. The molecule has 0 radical (unpaired) electrons. The fraction of sp³-hybridized carbons (Fsp3) is 0.588. The zero-order valence-corrected chi connectivity index (χ0v) is 12.6. The molecular weight excluding hydrogens is 248 g/mol. The molecule has 20 heavy (non-hydrogen) atoms. The minimum absolute atomic E-state index is 0.177. The van der Waals surface area contributed by atoms with Crippen molar-refractivity contribution >= 4 is 5.91 Å². The Morgan fingerprint density at radius 3 is 2.60 bits per heavy atom. The minimum Gasteiger partial charge on any atom is -0.336 e. The number of hydrogen-bond donors (Lipinski definition) is 1. The van der Waals surface area contributed by atoms with Crippen LogP contribution in [-0.4, -0.2) is 29.4 Å². The molecule has 0 saturated heterocycles. The van der Waals surface area contributed by atoms with E-state index in [2.05, 4.69) is 11.8 Å². The third kappa shape index (κ3) is 3.60. The second-order valence-corrected chi connectivity index (χ2v) is 5.94. The van der Waals surface area contributed by atoms with Crippen LogP contribution in [0.25, 0.3) is 0 Å². The van der Waals surface area contributed by atoms with Gasteiger partial charge < -0.3 is 10.6 Å². The van der Waals surface area contributed by atoms with Crippen LogP contribution in [0.1, 0.15) is 54.9 Å². The fourth-order valence-corrected chi connectivity index (χ4v) is 3.05. The van der Waals surface area contributed by atoms with Gasteiger partial charge in [0.25, 0.3) is 5.91 Å². The minimum atomic E-state index is 0.177. The third-order valence-corrected chi connectivity index (χ3v) is 4.17. The first-order valence-corrected chi connectivity index (χ1v) is 7.75. The van der Waals surface area contributed by atoms with Crippen LogP contribution in [0.5, 0.6) is 0 Å². The number of nitrogens with zero attached hydrogens (tertiary/aromatic N) is 1. The molecule has 3 nitrogen and oxygen atoms in total. The van der Waals surface area contributed by atoms with Crippen LogP contribution in [0.3, 0.4) is 0 Å². The summed E-state index contributed by atoms with van der Waals surface area (Å²) in [5.74, 6) is 0.177. The predicted octanol–water partition coefficient (Wildman–Crippen LogP) is 3.12. The average molecular weight is 274 g/mol. The lowest BCUT2D eigenvalue weighted by molar-refractivity contribution is 0.0626. The zero-order chi connectivity index (χ0) is 14.5. The Bertz CT molecular complexity index is 450. The average Bonchev–Trinajstić information content (AvgIpc) is 2.45. The van der Waals surface area contributed by atoms with Crippen molar-refractivity contribution in [3.63, 3.8) is 0 Å². The lowest BCUT2D eigenvalue weighted by Crippen LogP contribution is -2.44. The Morgan fingerprint density at radius 2 is 2.00 bits per heavy atom. The summed E-state index contributed by atoms with van der Waals surface area (Å²) >= 11 is 0. The van der Waals surface area contributed by atoms with Gasteiger partial charge in [-0.05, 0) is 51.2 Å². The SMILES string of the molecule is CCCN(C(=O)c1cccc(C)c1)C1CCC(N)CC1. The summed E-state index contributed by atoms with van der Waals surface area (Å²) in [4.78, 5) is 14.8. The van der Waals surface area contributed by atoms with E-state index in [9.17, 15) is 4.79 Å². The van der Waals surface area contributed by atoms with E-state index in [-0.39, 0.29) is 5.91 Å². The van der Waals surface area contributed by atoms with Gasteiger partial charge in [-0.25, -0.2) is 0 Å². The van der Waals surface area contributed by atoms with Gasteiger partial charge in [-0.3, -0.25) is 4.79 Å². The second kappa shape index (κ2) is 6.89. The highest BCUT2D eigenvalue weighted by Gasteiger charge is 2.27. The molecule has 2 rings (SSSR count). The van der Waals surface area contributed by atoms with E-state index < -0.39 is 0 Å². The molecule has 1 amide bonds. The first-order valence-electron chi connectivity index (χ1n) is 7.75. The number of nitrogens with two attached hydrogens (primary N) is 1. The molecule has 0 bridgehead atoms. The number of rotatable bonds is 4. The van der Waals surface area contributed by atoms with Gasteiger partial charge >= 0.3 is 0 Å². The second-order valence-electron chi connectivity index (χ2n) is 5.94. The fourth-order valence-electron chi connectivity index (χ4n) is 3.05. The summed E-state index contributed by atoms with van der Waals surface area (Å²) in [6.07, 6.45) is 5.15. The van der Waals surface area contributed by atoms with Gasteiger partial charge in [0.2, 0.25) is 0 Å². The van der Waals surface area contributed by atoms with Gasteiger partial charge in [-0.2, -0.15) is 0 Å². The van der Waals surface area contributed by atoms with Gasteiger partial charge in [0, 0.05) is 24.2 Å². The molecule has 2 N–H and O–H groups in total. The summed E-state index contributed by atoms with van der Waals surface area (Å²) in [6, 6.07) is 8.59. The number of carbonyl (C=O) groups excluding carboxylic acids is 1. The van der Waals surface area contributed by atoms with Crippen LogP contribution in [0.15, 0.2) is 24.3 Å². The first kappa shape index (κ1) is 15.0. The predicted molar refractivity (Wildman–Crippen MR) is 82.7 cm³/mol. The smallest absolute Gasteiger partial charge is 0.254 e. The number of carbonyl (C=O) groups is 1. The number of benzene rings is 1.